The van der Waals surface area contributed by atoms with Crippen molar-refractivity contribution in [1.29, 1.82) is 0 Å². The Morgan fingerprint density at radius 1 is 1.47 bits per heavy atom. The Kier molecular flexibility index (Phi) is 6.18. The smallest absolute Gasteiger partial charge is 0.790 e. The summed E-state index contributed by atoms with van der Waals surface area (Å²) in [7, 11) is -5.52. The van der Waals surface area contributed by atoms with Crippen molar-refractivity contribution < 1.29 is 43.4 Å². The molecule has 0 aliphatic carbocycles. The van der Waals surface area contributed by atoms with Gasteiger partial charge in [-0.05, 0) is 0 Å². The van der Waals surface area contributed by atoms with Crippen molar-refractivity contribution in [2.75, 3.05) is 6.61 Å². The van der Waals surface area contributed by atoms with Crippen LogP contribution >= 0.6 is 7.82 Å². The van der Waals surface area contributed by atoms with Gasteiger partial charge in [0.2, 0.25) is 11.9 Å². The van der Waals surface area contributed by atoms with Crippen molar-refractivity contribution in [2.24, 2.45) is 0 Å². The normalized spacial score (nSPS) is 26.4. The second-order valence-corrected chi connectivity index (χ2v) is 4.05. The molecule has 2 N–H and O–H groups in total. The largest absolute Gasteiger partial charge is 2.00 e. The van der Waals surface area contributed by atoms with Gasteiger partial charge in [-0.15, -0.1) is 0 Å². The van der Waals surface area contributed by atoms with Crippen molar-refractivity contribution in [3.05, 3.63) is 0 Å². The number of cyclic esters (lactones) is 1. The monoisotopic (exact) mass is 278 g/mol. The molecular formula is C6H7MgO9P. The molecule has 0 radical (unpaired) electrons. The molecule has 0 aromatic rings. The van der Waals surface area contributed by atoms with Gasteiger partial charge in [0, 0.05) is 0 Å². The van der Waals surface area contributed by atoms with Gasteiger partial charge in [-0.1, -0.05) is 0 Å². The summed E-state index contributed by atoms with van der Waals surface area (Å²) < 4.78 is 18.1. The molecule has 17 heavy (non-hydrogen) atoms. The van der Waals surface area contributed by atoms with Crippen molar-refractivity contribution in [1.82, 2.24) is 0 Å². The van der Waals surface area contributed by atoms with E-state index < -0.39 is 44.5 Å². The zero-order valence-corrected chi connectivity index (χ0v) is 10.7. The molecule has 9 nitrogen and oxygen atoms in total. The van der Waals surface area contributed by atoms with E-state index in [1.807, 2.05) is 0 Å². The van der Waals surface area contributed by atoms with Gasteiger partial charge in [-0.3, -0.25) is 4.79 Å². The summed E-state index contributed by atoms with van der Waals surface area (Å²) in [6.07, 6.45) is -5.62. The molecule has 11 heteroatoms. The van der Waals surface area contributed by atoms with Crippen LogP contribution < -0.4 is 9.79 Å². The Morgan fingerprint density at radius 3 is 2.41 bits per heavy atom. The first-order valence-corrected chi connectivity index (χ1v) is 5.46. The van der Waals surface area contributed by atoms with E-state index in [0.29, 0.717) is 0 Å². The SMILES string of the molecule is O=C1O[C@@H]([C@H](O)CO)C(=O)C1OP(=O)([O-])[O-].[Mg+2]. The average Bonchev–Trinajstić information content (AvgIpc) is 2.42. The first-order valence-electron chi connectivity index (χ1n) is 4.00. The van der Waals surface area contributed by atoms with E-state index in [-0.39, 0.29) is 23.1 Å². The van der Waals surface area contributed by atoms with E-state index in [4.69, 9.17) is 10.2 Å². The van der Waals surface area contributed by atoms with Crippen LogP contribution in [0.15, 0.2) is 0 Å². The number of phosphoric ester groups is 1. The fourth-order valence-electron chi connectivity index (χ4n) is 1.10. The molecule has 0 amide bonds. The third kappa shape index (κ3) is 4.27. The number of carbonyl (C=O) groups excluding carboxylic acids is 2. The summed E-state index contributed by atoms with van der Waals surface area (Å²) >= 11 is 0. The molecule has 92 valence electrons. The topological polar surface area (TPSA) is 156 Å². The van der Waals surface area contributed by atoms with Crippen molar-refractivity contribution >= 4 is 42.6 Å². The van der Waals surface area contributed by atoms with Crippen LogP contribution in [0, 0.1) is 0 Å². The number of aliphatic hydroxyl groups is 2. The molecule has 1 aliphatic heterocycles. The number of ether oxygens (including phenoxy) is 1. The van der Waals surface area contributed by atoms with E-state index in [9.17, 15) is 23.9 Å². The molecule has 0 aromatic heterocycles. The number of rotatable bonds is 4. The van der Waals surface area contributed by atoms with Crippen molar-refractivity contribution in [2.45, 2.75) is 18.3 Å². The minimum absolute atomic E-state index is 0. The predicted molar refractivity (Wildman–Crippen MR) is 46.2 cm³/mol. The second kappa shape index (κ2) is 6.21. The predicted octanol–water partition coefficient (Wildman–Crippen LogP) is -4.33. The van der Waals surface area contributed by atoms with Gasteiger partial charge < -0.3 is 33.8 Å². The molecule has 0 saturated carbocycles. The summed E-state index contributed by atoms with van der Waals surface area (Å²) in [6, 6.07) is 0. The molecule has 1 aliphatic rings. The van der Waals surface area contributed by atoms with Gasteiger partial charge in [0.05, 0.1) is 14.4 Å². The third-order valence-electron chi connectivity index (χ3n) is 1.77. The van der Waals surface area contributed by atoms with Gasteiger partial charge in [0.1, 0.15) is 6.10 Å². The molecule has 1 unspecified atom stereocenters. The first-order chi connectivity index (χ1) is 7.26. The Bertz CT molecular complexity index is 351. The molecule has 0 aromatic carbocycles. The Balaban J connectivity index is 0.00000256. The number of hydrogen-bond acceptors (Lipinski definition) is 9. The number of aliphatic hydroxyl groups excluding tert-OH is 2. The van der Waals surface area contributed by atoms with Crippen molar-refractivity contribution in [3.8, 4) is 0 Å². The van der Waals surface area contributed by atoms with E-state index in [1.165, 1.54) is 0 Å². The van der Waals surface area contributed by atoms with E-state index in [0.717, 1.165) is 0 Å². The number of phosphoric acid groups is 1. The summed E-state index contributed by atoms with van der Waals surface area (Å²) in [5.41, 5.74) is 0. The zero-order valence-electron chi connectivity index (χ0n) is 8.35. The first kappa shape index (κ1) is 16.9. The van der Waals surface area contributed by atoms with Crippen LogP contribution in [0.25, 0.3) is 0 Å². The van der Waals surface area contributed by atoms with Crippen molar-refractivity contribution in [3.63, 3.8) is 0 Å². The molecule has 1 fully saturated rings. The molecule has 1 rings (SSSR count). The number of esters is 1. The van der Waals surface area contributed by atoms with Gasteiger partial charge >= 0.3 is 29.0 Å². The minimum Gasteiger partial charge on any atom is -0.790 e. The molecule has 0 spiro atoms. The molecule has 0 bridgehead atoms. The third-order valence-corrected chi connectivity index (χ3v) is 2.24. The maximum absolute atomic E-state index is 11.3. The number of carbonyl (C=O) groups is 2. The summed E-state index contributed by atoms with van der Waals surface area (Å²) in [5.74, 6) is -2.62. The van der Waals surface area contributed by atoms with E-state index in [2.05, 4.69) is 9.26 Å². The van der Waals surface area contributed by atoms with Crippen LogP contribution in [0.4, 0.5) is 0 Å². The number of hydrogen-bond donors (Lipinski definition) is 2. The Morgan fingerprint density at radius 2 is 2.00 bits per heavy atom. The van der Waals surface area contributed by atoms with Gasteiger partial charge in [0.15, 0.2) is 6.10 Å². The number of ketones is 1. The Labute approximate surface area is 111 Å². The van der Waals surface area contributed by atoms with E-state index in [1.54, 1.807) is 0 Å². The molecule has 1 saturated heterocycles. The van der Waals surface area contributed by atoms with Gasteiger partial charge in [0.25, 0.3) is 0 Å². The maximum Gasteiger partial charge on any atom is 2.00 e. The van der Waals surface area contributed by atoms with Crippen LogP contribution in [-0.4, -0.2) is 69.9 Å². The second-order valence-electron chi connectivity index (χ2n) is 2.94. The van der Waals surface area contributed by atoms with Gasteiger partial charge in [-0.2, -0.15) is 0 Å². The summed E-state index contributed by atoms with van der Waals surface area (Å²) in [4.78, 5) is 42.6. The zero-order chi connectivity index (χ0) is 12.5. The summed E-state index contributed by atoms with van der Waals surface area (Å²) in [5, 5.41) is 17.5. The van der Waals surface area contributed by atoms with Gasteiger partial charge in [-0.25, -0.2) is 4.79 Å². The fraction of sp³-hybridized carbons (Fsp3) is 0.667. The molecule has 3 atom stereocenters. The standard InChI is InChI=1S/C6H9O9P.Mg/c7-1-2(8)4-3(9)5(6(10)14-4)15-16(11,12)13;/h2,4-5,7-8H,1H2,(H2,11,12,13);/q;+2/p-2/t2-,4+,5?;/m1./s1. The van der Waals surface area contributed by atoms with Crippen LogP contribution in [-0.2, 0) is 23.4 Å². The quantitative estimate of drug-likeness (QED) is 0.224. The van der Waals surface area contributed by atoms with Crippen LogP contribution in [0.3, 0.4) is 0 Å². The minimum atomic E-state index is -5.52. The summed E-state index contributed by atoms with van der Waals surface area (Å²) in [6.45, 7) is -0.872. The molecule has 1 heterocycles. The molecular weight excluding hydrogens is 271 g/mol. The fourth-order valence-corrected chi connectivity index (χ4v) is 1.55. The van der Waals surface area contributed by atoms with E-state index >= 15 is 0 Å². The van der Waals surface area contributed by atoms with Crippen LogP contribution in [0.5, 0.6) is 0 Å². The Hall–Kier alpha value is -0.0638. The van der Waals surface area contributed by atoms with Crippen LogP contribution in [0.2, 0.25) is 0 Å². The van der Waals surface area contributed by atoms with Crippen LogP contribution in [0.1, 0.15) is 0 Å². The maximum atomic E-state index is 11.3. The number of Topliss-reactive ketones (excluding diaryl/α,β-unsaturated/α-hetero) is 1. The average molecular weight is 278 g/mol.